The smallest absolute Gasteiger partial charge is 0.312 e. The Kier molecular flexibility index (Phi) is 6.04. The van der Waals surface area contributed by atoms with E-state index in [0.717, 1.165) is 19.6 Å². The van der Waals surface area contributed by atoms with Crippen molar-refractivity contribution >= 4 is 11.6 Å². The number of aryl methyl sites for hydroxylation is 2. The summed E-state index contributed by atoms with van der Waals surface area (Å²) in [4.78, 5) is 27.9. The number of hydrogen-bond acceptors (Lipinski definition) is 6. The van der Waals surface area contributed by atoms with Crippen molar-refractivity contribution in [3.8, 4) is 0 Å². The zero-order valence-electron chi connectivity index (χ0n) is 18.6. The molecule has 10 heteroatoms. The Morgan fingerprint density at radius 2 is 1.78 bits per heavy atom. The average Bonchev–Trinajstić information content (AvgIpc) is 3.34. The molecule has 1 aliphatic rings. The summed E-state index contributed by atoms with van der Waals surface area (Å²) < 4.78 is 3.10. The number of carbonyl (C=O) groups is 1. The third-order valence-electron chi connectivity index (χ3n) is 5.98. The first-order valence-electron chi connectivity index (χ1n) is 10.6. The predicted molar refractivity (Wildman–Crippen MR) is 118 cm³/mol. The summed E-state index contributed by atoms with van der Waals surface area (Å²) in [5.74, 6) is -0.0985. The molecule has 0 radical (unpaired) electrons. The van der Waals surface area contributed by atoms with Crippen LogP contribution in [0.15, 0.2) is 36.5 Å². The van der Waals surface area contributed by atoms with Gasteiger partial charge in [0.1, 0.15) is 23.8 Å². The van der Waals surface area contributed by atoms with Crippen LogP contribution in [0.1, 0.15) is 33.0 Å². The first kappa shape index (κ1) is 21.7. The van der Waals surface area contributed by atoms with Crippen molar-refractivity contribution in [3.63, 3.8) is 0 Å². The van der Waals surface area contributed by atoms with Gasteiger partial charge >= 0.3 is 5.69 Å². The Bertz CT molecular complexity index is 1140. The van der Waals surface area contributed by atoms with Crippen molar-refractivity contribution < 1.29 is 9.72 Å². The van der Waals surface area contributed by atoms with Gasteiger partial charge in [0.05, 0.1) is 4.92 Å². The van der Waals surface area contributed by atoms with Crippen molar-refractivity contribution in [3.05, 3.63) is 74.9 Å². The number of rotatable bonds is 6. The van der Waals surface area contributed by atoms with E-state index in [2.05, 4.69) is 40.2 Å². The fourth-order valence-electron chi connectivity index (χ4n) is 4.08. The van der Waals surface area contributed by atoms with E-state index >= 15 is 0 Å². The molecule has 32 heavy (non-hydrogen) atoms. The fraction of sp³-hybridized carbons (Fsp3) is 0.409. The van der Waals surface area contributed by atoms with Gasteiger partial charge in [0.2, 0.25) is 0 Å². The van der Waals surface area contributed by atoms with Crippen LogP contribution in [-0.2, 0) is 13.2 Å². The van der Waals surface area contributed by atoms with E-state index < -0.39 is 4.92 Å². The third kappa shape index (κ3) is 4.40. The van der Waals surface area contributed by atoms with Gasteiger partial charge in [0, 0.05) is 38.9 Å². The normalized spacial score (nSPS) is 14.7. The summed E-state index contributed by atoms with van der Waals surface area (Å²) in [5, 5.41) is 19.8. The van der Waals surface area contributed by atoms with Crippen LogP contribution in [-0.4, -0.2) is 66.4 Å². The predicted octanol–water partition coefficient (Wildman–Crippen LogP) is 2.38. The molecule has 1 saturated heterocycles. The zero-order chi connectivity index (χ0) is 22.8. The lowest BCUT2D eigenvalue weighted by Gasteiger charge is -2.34. The molecule has 168 valence electrons. The van der Waals surface area contributed by atoms with Crippen molar-refractivity contribution in [2.75, 3.05) is 26.2 Å². The Hall–Kier alpha value is -3.53. The van der Waals surface area contributed by atoms with E-state index in [4.69, 9.17) is 0 Å². The van der Waals surface area contributed by atoms with Crippen molar-refractivity contribution in [1.82, 2.24) is 29.4 Å². The van der Waals surface area contributed by atoms with Crippen LogP contribution < -0.4 is 0 Å². The molecule has 1 aromatic carbocycles. The van der Waals surface area contributed by atoms with Gasteiger partial charge in [-0.2, -0.15) is 10.2 Å². The molecule has 0 bridgehead atoms. The number of amides is 1. The highest BCUT2D eigenvalue weighted by Crippen LogP contribution is 2.21. The minimum Gasteiger partial charge on any atom is -0.335 e. The molecule has 1 aliphatic heterocycles. The van der Waals surface area contributed by atoms with Crippen molar-refractivity contribution in [1.29, 1.82) is 0 Å². The Morgan fingerprint density at radius 1 is 1.06 bits per heavy atom. The van der Waals surface area contributed by atoms with Gasteiger partial charge in [0.25, 0.3) is 5.91 Å². The van der Waals surface area contributed by atoms with Gasteiger partial charge in [0.15, 0.2) is 0 Å². The molecule has 0 spiro atoms. The molecule has 0 aliphatic carbocycles. The fourth-order valence-corrected chi connectivity index (χ4v) is 4.08. The molecule has 1 fully saturated rings. The van der Waals surface area contributed by atoms with Crippen molar-refractivity contribution in [2.24, 2.45) is 0 Å². The van der Waals surface area contributed by atoms with Crippen LogP contribution in [0.2, 0.25) is 0 Å². The maximum absolute atomic E-state index is 12.9. The Balaban J connectivity index is 1.36. The van der Waals surface area contributed by atoms with Gasteiger partial charge in [-0.15, -0.1) is 0 Å². The SMILES string of the molecule is Cc1ccccc1CN1CCN(C(=O)c2ccn(Cn3nc(C)c([N+](=O)[O-])c3C)n2)CC1. The third-order valence-corrected chi connectivity index (χ3v) is 5.98. The summed E-state index contributed by atoms with van der Waals surface area (Å²) >= 11 is 0. The molecule has 10 nitrogen and oxygen atoms in total. The lowest BCUT2D eigenvalue weighted by molar-refractivity contribution is -0.386. The van der Waals surface area contributed by atoms with Gasteiger partial charge in [-0.1, -0.05) is 24.3 Å². The molecular weight excluding hydrogens is 410 g/mol. The lowest BCUT2D eigenvalue weighted by atomic mass is 10.1. The van der Waals surface area contributed by atoms with Gasteiger partial charge in [-0.3, -0.25) is 24.5 Å². The molecule has 0 saturated carbocycles. The Morgan fingerprint density at radius 3 is 2.44 bits per heavy atom. The quantitative estimate of drug-likeness (QED) is 0.433. The average molecular weight is 438 g/mol. The minimum absolute atomic E-state index is 0.0111. The van der Waals surface area contributed by atoms with Crippen LogP contribution >= 0.6 is 0 Å². The molecule has 4 rings (SSSR count). The molecule has 0 N–H and O–H groups in total. The summed E-state index contributed by atoms with van der Waals surface area (Å²) in [5.41, 5.74) is 3.80. The summed E-state index contributed by atoms with van der Waals surface area (Å²) in [6.45, 7) is 9.42. The molecule has 2 aromatic heterocycles. The highest BCUT2D eigenvalue weighted by molar-refractivity contribution is 5.92. The van der Waals surface area contributed by atoms with Crippen LogP contribution in [0, 0.1) is 30.9 Å². The van der Waals surface area contributed by atoms with E-state index in [0.29, 0.717) is 30.2 Å². The van der Waals surface area contributed by atoms with E-state index in [1.54, 1.807) is 30.8 Å². The van der Waals surface area contributed by atoms with Crippen molar-refractivity contribution in [2.45, 2.75) is 34.0 Å². The number of nitro groups is 1. The number of aromatic nitrogens is 4. The van der Waals surface area contributed by atoms with E-state index in [1.165, 1.54) is 15.8 Å². The summed E-state index contributed by atoms with van der Waals surface area (Å²) in [7, 11) is 0. The highest BCUT2D eigenvalue weighted by Gasteiger charge is 2.25. The monoisotopic (exact) mass is 437 g/mol. The first-order chi connectivity index (χ1) is 15.3. The van der Waals surface area contributed by atoms with E-state index in [-0.39, 0.29) is 18.3 Å². The molecule has 0 unspecified atom stereocenters. The molecule has 1 amide bonds. The summed E-state index contributed by atoms with van der Waals surface area (Å²) in [6, 6.07) is 10.1. The Labute approximate surface area is 186 Å². The molecule has 3 aromatic rings. The number of carbonyl (C=O) groups excluding carboxylic acids is 1. The van der Waals surface area contributed by atoms with E-state index in [1.807, 2.05) is 11.0 Å². The number of hydrogen-bond donors (Lipinski definition) is 0. The van der Waals surface area contributed by atoms with Gasteiger partial charge in [-0.25, -0.2) is 4.68 Å². The minimum atomic E-state index is -0.426. The van der Waals surface area contributed by atoms with Crippen LogP contribution in [0.5, 0.6) is 0 Å². The first-order valence-corrected chi connectivity index (χ1v) is 10.6. The highest BCUT2D eigenvalue weighted by atomic mass is 16.6. The number of benzene rings is 1. The standard InChI is InChI=1S/C22H27N7O3/c1-16-6-4-5-7-19(16)14-25-10-12-26(13-11-25)22(30)20-8-9-27(24-20)15-28-18(3)21(29(31)32)17(2)23-28/h4-9H,10-15H2,1-3H3. The molecule has 3 heterocycles. The maximum atomic E-state index is 12.9. The summed E-state index contributed by atoms with van der Waals surface area (Å²) in [6.07, 6.45) is 1.70. The topological polar surface area (TPSA) is 102 Å². The largest absolute Gasteiger partial charge is 0.335 e. The number of piperazine rings is 1. The maximum Gasteiger partial charge on any atom is 0.312 e. The van der Waals surface area contributed by atoms with Crippen LogP contribution in [0.25, 0.3) is 0 Å². The second kappa shape index (κ2) is 8.91. The van der Waals surface area contributed by atoms with Crippen LogP contribution in [0.3, 0.4) is 0 Å². The van der Waals surface area contributed by atoms with Crippen LogP contribution in [0.4, 0.5) is 5.69 Å². The van der Waals surface area contributed by atoms with Gasteiger partial charge in [-0.05, 0) is 38.0 Å². The number of nitrogens with zero attached hydrogens (tertiary/aromatic N) is 7. The molecular formula is C22H27N7O3. The zero-order valence-corrected chi connectivity index (χ0v) is 18.6. The van der Waals surface area contributed by atoms with Gasteiger partial charge < -0.3 is 4.90 Å². The molecule has 0 atom stereocenters. The van der Waals surface area contributed by atoms with E-state index in [9.17, 15) is 14.9 Å². The second-order valence-corrected chi connectivity index (χ2v) is 8.15. The lowest BCUT2D eigenvalue weighted by Crippen LogP contribution is -2.48. The second-order valence-electron chi connectivity index (χ2n) is 8.15.